The Kier molecular flexibility index (Phi) is 3.36. The Morgan fingerprint density at radius 3 is 2.91 bits per heavy atom. The van der Waals surface area contributed by atoms with E-state index in [0.717, 1.165) is 47.9 Å². The third kappa shape index (κ3) is 2.30. The van der Waals surface area contributed by atoms with E-state index in [1.54, 1.807) is 6.20 Å². The Morgan fingerprint density at radius 1 is 1.35 bits per heavy atom. The lowest BCUT2D eigenvalue weighted by atomic mass is 10.0. The van der Waals surface area contributed by atoms with Crippen LogP contribution in [0.5, 0.6) is 0 Å². The van der Waals surface area contributed by atoms with Gasteiger partial charge in [0.05, 0.1) is 17.1 Å². The van der Waals surface area contributed by atoms with E-state index in [1.165, 1.54) is 5.69 Å². The lowest BCUT2D eigenvalue weighted by Crippen LogP contribution is -2.41. The van der Waals surface area contributed by atoms with Gasteiger partial charge in [0.25, 0.3) is 0 Å². The molecule has 0 atom stereocenters. The monoisotopic (exact) mass is 306 g/mol. The van der Waals surface area contributed by atoms with Crippen LogP contribution in [0.1, 0.15) is 18.5 Å². The van der Waals surface area contributed by atoms with Crippen LogP contribution in [0.2, 0.25) is 0 Å². The van der Waals surface area contributed by atoms with Crippen LogP contribution in [0, 0.1) is 11.3 Å². The number of fused-ring (bicyclic) bond motifs is 3. The molecule has 0 spiro atoms. The number of aromatic nitrogens is 3. The normalized spacial score (nSPS) is 16.1. The van der Waals surface area contributed by atoms with Gasteiger partial charge in [0, 0.05) is 36.4 Å². The highest BCUT2D eigenvalue weighted by Crippen LogP contribution is 2.33. The molecule has 0 aliphatic carbocycles. The molecule has 3 aromatic heterocycles. The number of piperidine rings is 1. The van der Waals surface area contributed by atoms with Crippen LogP contribution >= 0.6 is 0 Å². The first-order valence-corrected chi connectivity index (χ1v) is 7.89. The van der Waals surface area contributed by atoms with Gasteiger partial charge in [-0.05, 0) is 32.0 Å². The van der Waals surface area contributed by atoms with Gasteiger partial charge in [0.15, 0.2) is 0 Å². The topological polar surface area (TPSA) is 80.6 Å². The first-order chi connectivity index (χ1) is 11.3. The number of pyridine rings is 2. The summed E-state index contributed by atoms with van der Waals surface area (Å²) in [6.45, 7) is 2.04. The van der Waals surface area contributed by atoms with E-state index in [9.17, 15) is 0 Å². The molecule has 3 aromatic rings. The lowest BCUT2D eigenvalue weighted by molar-refractivity contribution is 0.443. The second-order valence-electron chi connectivity index (χ2n) is 5.96. The maximum Gasteiger partial charge on any atom is 0.141 e. The van der Waals surface area contributed by atoms with E-state index in [-0.39, 0.29) is 0 Å². The van der Waals surface area contributed by atoms with Gasteiger partial charge in [-0.25, -0.2) is 9.97 Å². The molecule has 0 amide bonds. The van der Waals surface area contributed by atoms with Crippen LogP contribution < -0.4 is 10.2 Å². The van der Waals surface area contributed by atoms with Crippen molar-refractivity contribution in [2.24, 2.45) is 0 Å². The standard InChI is InChI=1S/C17H18N6/c1-19-11-3-6-23(7-4-11)15-2-5-20-17-16(15)13-8-12(9-18)21-10-14(13)22-17/h2,5,8,10-11,19H,3-4,6-7H2,1H3,(H,20,22). The number of rotatable bonds is 2. The Hall–Kier alpha value is -2.65. The summed E-state index contributed by atoms with van der Waals surface area (Å²) < 4.78 is 0. The second kappa shape index (κ2) is 5.52. The molecule has 6 heteroatoms. The minimum absolute atomic E-state index is 0.432. The molecule has 0 radical (unpaired) electrons. The molecule has 1 aliphatic heterocycles. The van der Waals surface area contributed by atoms with Crippen molar-refractivity contribution in [3.05, 3.63) is 30.2 Å². The first-order valence-electron chi connectivity index (χ1n) is 7.89. The summed E-state index contributed by atoms with van der Waals surface area (Å²) >= 11 is 0. The third-order valence-electron chi connectivity index (χ3n) is 4.71. The van der Waals surface area contributed by atoms with Crippen molar-refractivity contribution in [3.8, 4) is 6.07 Å². The van der Waals surface area contributed by atoms with E-state index in [2.05, 4.69) is 37.3 Å². The van der Waals surface area contributed by atoms with Gasteiger partial charge in [-0.2, -0.15) is 5.26 Å². The smallest absolute Gasteiger partial charge is 0.141 e. The highest BCUT2D eigenvalue weighted by Gasteiger charge is 2.21. The molecule has 4 heterocycles. The van der Waals surface area contributed by atoms with Gasteiger partial charge in [-0.15, -0.1) is 0 Å². The zero-order valence-corrected chi connectivity index (χ0v) is 13.0. The van der Waals surface area contributed by atoms with E-state index >= 15 is 0 Å². The summed E-state index contributed by atoms with van der Waals surface area (Å²) in [5.74, 6) is 0. The average Bonchev–Trinajstić information content (AvgIpc) is 2.99. The number of H-pyrrole nitrogens is 1. The minimum atomic E-state index is 0.432. The van der Waals surface area contributed by atoms with Gasteiger partial charge in [0.1, 0.15) is 17.4 Å². The Bertz CT molecular complexity index is 898. The van der Waals surface area contributed by atoms with E-state index in [4.69, 9.17) is 5.26 Å². The van der Waals surface area contributed by atoms with Crippen molar-refractivity contribution in [3.63, 3.8) is 0 Å². The number of nitrogens with one attached hydrogen (secondary N) is 2. The van der Waals surface area contributed by atoms with Crippen LogP contribution in [0.4, 0.5) is 5.69 Å². The molecule has 2 N–H and O–H groups in total. The van der Waals surface area contributed by atoms with Crippen molar-refractivity contribution < 1.29 is 0 Å². The highest BCUT2D eigenvalue weighted by atomic mass is 15.2. The highest BCUT2D eigenvalue weighted by molar-refractivity contribution is 6.12. The quantitative estimate of drug-likeness (QED) is 0.758. The summed E-state index contributed by atoms with van der Waals surface area (Å²) in [6, 6.07) is 6.63. The molecule has 1 fully saturated rings. The van der Waals surface area contributed by atoms with Gasteiger partial charge in [-0.3, -0.25) is 0 Å². The fraction of sp³-hybridized carbons (Fsp3) is 0.353. The predicted molar refractivity (Wildman–Crippen MR) is 90.4 cm³/mol. The Labute approximate surface area is 134 Å². The maximum atomic E-state index is 9.13. The second-order valence-corrected chi connectivity index (χ2v) is 5.96. The predicted octanol–water partition coefficient (Wildman–Crippen LogP) is 2.17. The third-order valence-corrected chi connectivity index (χ3v) is 4.71. The molecule has 4 rings (SSSR count). The fourth-order valence-electron chi connectivity index (χ4n) is 3.44. The molecule has 1 aliphatic rings. The molecular weight excluding hydrogens is 288 g/mol. The molecule has 0 bridgehead atoms. The van der Waals surface area contributed by atoms with Gasteiger partial charge >= 0.3 is 0 Å². The van der Waals surface area contributed by atoms with Crippen LogP contribution in [-0.2, 0) is 0 Å². The minimum Gasteiger partial charge on any atom is -0.371 e. The van der Waals surface area contributed by atoms with Crippen LogP contribution in [0.25, 0.3) is 21.9 Å². The number of nitriles is 1. The SMILES string of the molecule is CNC1CCN(c2ccnc3[nH]c4cnc(C#N)cc4c23)CC1. The molecule has 1 saturated heterocycles. The number of nitrogens with zero attached hydrogens (tertiary/aromatic N) is 4. The molecular formula is C17H18N6. The summed E-state index contributed by atoms with van der Waals surface area (Å²) in [5, 5.41) is 14.6. The molecule has 23 heavy (non-hydrogen) atoms. The summed E-state index contributed by atoms with van der Waals surface area (Å²) in [4.78, 5) is 14.3. The van der Waals surface area contributed by atoms with Gasteiger partial charge in [0.2, 0.25) is 0 Å². The summed E-state index contributed by atoms with van der Waals surface area (Å²) in [6.07, 6.45) is 5.82. The van der Waals surface area contributed by atoms with Crippen molar-refractivity contribution in [2.45, 2.75) is 18.9 Å². The zero-order chi connectivity index (χ0) is 15.8. The van der Waals surface area contributed by atoms with Crippen LogP contribution in [-0.4, -0.2) is 41.1 Å². The van der Waals surface area contributed by atoms with E-state index < -0.39 is 0 Å². The van der Waals surface area contributed by atoms with Crippen molar-refractivity contribution >= 4 is 27.6 Å². The Balaban J connectivity index is 1.85. The van der Waals surface area contributed by atoms with Crippen molar-refractivity contribution in [1.82, 2.24) is 20.3 Å². The molecule has 116 valence electrons. The fourth-order valence-corrected chi connectivity index (χ4v) is 3.44. The van der Waals surface area contributed by atoms with Crippen LogP contribution in [0.3, 0.4) is 0 Å². The van der Waals surface area contributed by atoms with Crippen molar-refractivity contribution in [2.75, 3.05) is 25.0 Å². The van der Waals surface area contributed by atoms with E-state index in [1.807, 2.05) is 19.3 Å². The number of aromatic amines is 1. The molecule has 0 aromatic carbocycles. The molecule has 6 nitrogen and oxygen atoms in total. The average molecular weight is 306 g/mol. The van der Waals surface area contributed by atoms with Gasteiger partial charge < -0.3 is 15.2 Å². The van der Waals surface area contributed by atoms with Gasteiger partial charge in [-0.1, -0.05) is 0 Å². The summed E-state index contributed by atoms with van der Waals surface area (Å²) in [7, 11) is 2.03. The van der Waals surface area contributed by atoms with E-state index in [0.29, 0.717) is 11.7 Å². The summed E-state index contributed by atoms with van der Waals surface area (Å²) in [5.41, 5.74) is 3.39. The first kappa shape index (κ1) is 14.0. The maximum absolute atomic E-state index is 9.13. The number of hydrogen-bond donors (Lipinski definition) is 2. The number of anilines is 1. The molecule has 0 unspecified atom stereocenters. The van der Waals surface area contributed by atoms with Crippen molar-refractivity contribution in [1.29, 1.82) is 5.26 Å². The lowest BCUT2D eigenvalue weighted by Gasteiger charge is -2.33. The largest absolute Gasteiger partial charge is 0.371 e. The Morgan fingerprint density at radius 2 is 2.17 bits per heavy atom. The zero-order valence-electron chi connectivity index (χ0n) is 13.0. The molecule has 0 saturated carbocycles. The number of hydrogen-bond acceptors (Lipinski definition) is 5. The van der Waals surface area contributed by atoms with Crippen LogP contribution in [0.15, 0.2) is 24.5 Å².